The molecule has 0 bridgehead atoms. The summed E-state index contributed by atoms with van der Waals surface area (Å²) in [5.41, 5.74) is -0.621. The lowest BCUT2D eigenvalue weighted by Crippen LogP contribution is -2.48. The first-order chi connectivity index (χ1) is 11.0. The molecule has 0 saturated carbocycles. The molecule has 7 nitrogen and oxygen atoms in total. The molecule has 1 rings (SSSR count). The summed E-state index contributed by atoms with van der Waals surface area (Å²) in [6.07, 6.45) is 2.02. The van der Waals surface area contributed by atoms with E-state index in [1.54, 1.807) is 34.1 Å². The number of hydrogen-bond donors (Lipinski definition) is 1. The monoisotopic (exact) mass is 362 g/mol. The molecule has 0 radical (unpaired) electrons. The van der Waals surface area contributed by atoms with E-state index in [1.807, 2.05) is 6.92 Å². The van der Waals surface area contributed by atoms with Crippen molar-refractivity contribution in [3.8, 4) is 0 Å². The second-order valence-corrected chi connectivity index (χ2v) is 8.93. The number of carbonyl (C=O) groups excluding carboxylic acids is 2. The van der Waals surface area contributed by atoms with E-state index in [9.17, 15) is 13.8 Å². The van der Waals surface area contributed by atoms with Crippen LogP contribution in [-0.4, -0.2) is 70.6 Å². The van der Waals surface area contributed by atoms with Crippen LogP contribution in [0.5, 0.6) is 0 Å². The van der Waals surface area contributed by atoms with Gasteiger partial charge >= 0.3 is 6.09 Å². The van der Waals surface area contributed by atoms with Crippen molar-refractivity contribution >= 4 is 22.8 Å². The summed E-state index contributed by atoms with van der Waals surface area (Å²) in [5.74, 6) is -0.227. The maximum atomic E-state index is 12.4. The number of nitrogens with zero attached hydrogens (tertiary/aromatic N) is 1. The number of amides is 2. The fourth-order valence-electron chi connectivity index (χ4n) is 2.42. The number of rotatable bonds is 6. The van der Waals surface area contributed by atoms with Gasteiger partial charge in [-0.1, -0.05) is 6.92 Å². The Hall–Kier alpha value is -1.15. The van der Waals surface area contributed by atoms with Crippen LogP contribution in [0.2, 0.25) is 0 Å². The van der Waals surface area contributed by atoms with Gasteiger partial charge in [-0.05, 0) is 27.2 Å². The average molecular weight is 362 g/mol. The van der Waals surface area contributed by atoms with E-state index >= 15 is 0 Å². The Labute approximate surface area is 146 Å². The van der Waals surface area contributed by atoms with Gasteiger partial charge in [0, 0.05) is 42.4 Å². The lowest BCUT2D eigenvalue weighted by Gasteiger charge is -2.28. The SMILES string of the molecule is CO[C@H]1C[C@H](C(=O)NCC[C@H](C)[S@@](C)=O)N(C(=O)OC(C)(C)C)C1. The topological polar surface area (TPSA) is 84.9 Å². The quantitative estimate of drug-likeness (QED) is 0.769. The summed E-state index contributed by atoms with van der Waals surface area (Å²) < 4.78 is 22.0. The molecular weight excluding hydrogens is 332 g/mol. The number of carbonyl (C=O) groups is 2. The molecule has 1 fully saturated rings. The summed E-state index contributed by atoms with van der Waals surface area (Å²) in [5, 5.41) is 2.84. The van der Waals surface area contributed by atoms with Gasteiger partial charge in [-0.2, -0.15) is 0 Å². The summed E-state index contributed by atoms with van der Waals surface area (Å²) >= 11 is 0. The van der Waals surface area contributed by atoms with E-state index in [0.29, 0.717) is 25.9 Å². The molecule has 4 atom stereocenters. The van der Waals surface area contributed by atoms with Gasteiger partial charge in [0.05, 0.1) is 12.6 Å². The fourth-order valence-corrected chi connectivity index (χ4v) is 2.87. The predicted octanol–water partition coefficient (Wildman–Crippen LogP) is 1.28. The summed E-state index contributed by atoms with van der Waals surface area (Å²) in [6.45, 7) is 8.00. The Kier molecular flexibility index (Phi) is 7.66. The molecule has 1 aliphatic heterocycles. The van der Waals surface area contributed by atoms with Gasteiger partial charge in [-0.15, -0.1) is 0 Å². The van der Waals surface area contributed by atoms with Crippen LogP contribution in [0.3, 0.4) is 0 Å². The highest BCUT2D eigenvalue weighted by molar-refractivity contribution is 7.84. The second kappa shape index (κ2) is 8.80. The third kappa shape index (κ3) is 6.39. The lowest BCUT2D eigenvalue weighted by atomic mass is 10.2. The molecule has 1 N–H and O–H groups in total. The lowest BCUT2D eigenvalue weighted by molar-refractivity contribution is -0.125. The van der Waals surface area contributed by atoms with Crippen molar-refractivity contribution in [1.82, 2.24) is 10.2 Å². The molecule has 0 aliphatic carbocycles. The summed E-state index contributed by atoms with van der Waals surface area (Å²) in [7, 11) is 0.650. The smallest absolute Gasteiger partial charge is 0.411 e. The van der Waals surface area contributed by atoms with Crippen LogP contribution < -0.4 is 5.32 Å². The van der Waals surface area contributed by atoms with Gasteiger partial charge in [0.25, 0.3) is 0 Å². The minimum absolute atomic E-state index is 0.0163. The largest absolute Gasteiger partial charge is 0.444 e. The molecule has 0 aromatic heterocycles. The fraction of sp³-hybridized carbons (Fsp3) is 0.875. The molecule has 1 saturated heterocycles. The minimum Gasteiger partial charge on any atom is -0.444 e. The molecule has 0 aromatic carbocycles. The van der Waals surface area contributed by atoms with E-state index < -0.39 is 28.5 Å². The third-order valence-corrected chi connectivity index (χ3v) is 5.31. The minimum atomic E-state index is -0.916. The Morgan fingerprint density at radius 3 is 2.50 bits per heavy atom. The van der Waals surface area contributed by atoms with E-state index in [1.165, 1.54) is 4.90 Å². The average Bonchev–Trinajstić information content (AvgIpc) is 2.89. The molecule has 8 heteroatoms. The van der Waals surface area contributed by atoms with E-state index in [4.69, 9.17) is 9.47 Å². The first-order valence-corrected chi connectivity index (χ1v) is 9.79. The molecule has 24 heavy (non-hydrogen) atoms. The van der Waals surface area contributed by atoms with Gasteiger partial charge < -0.3 is 14.8 Å². The number of methoxy groups -OCH3 is 1. The van der Waals surface area contributed by atoms with E-state index in [2.05, 4.69) is 5.32 Å². The van der Waals surface area contributed by atoms with Crippen LogP contribution in [0, 0.1) is 0 Å². The Morgan fingerprint density at radius 2 is 2.00 bits per heavy atom. The highest BCUT2D eigenvalue weighted by Crippen LogP contribution is 2.23. The van der Waals surface area contributed by atoms with Crippen LogP contribution in [0.15, 0.2) is 0 Å². The zero-order valence-electron chi connectivity index (χ0n) is 15.5. The van der Waals surface area contributed by atoms with E-state index in [-0.39, 0.29) is 17.3 Å². The summed E-state index contributed by atoms with van der Waals surface area (Å²) in [6, 6.07) is -0.604. The maximum absolute atomic E-state index is 12.4. The maximum Gasteiger partial charge on any atom is 0.411 e. The molecular formula is C16H30N2O5S. The van der Waals surface area contributed by atoms with Gasteiger partial charge in [-0.3, -0.25) is 13.9 Å². The van der Waals surface area contributed by atoms with Crippen molar-refractivity contribution < 1.29 is 23.3 Å². The van der Waals surface area contributed by atoms with Gasteiger partial charge in [0.2, 0.25) is 5.91 Å². The molecule has 0 aromatic rings. The molecule has 1 heterocycles. The normalized spacial score (nSPS) is 23.7. The Balaban J connectivity index is 2.65. The number of likely N-dealkylation sites (tertiary alicyclic amines) is 1. The van der Waals surface area contributed by atoms with Crippen LogP contribution in [0.4, 0.5) is 4.79 Å². The second-order valence-electron chi connectivity index (χ2n) is 7.13. The van der Waals surface area contributed by atoms with Gasteiger partial charge in [0.1, 0.15) is 11.6 Å². The summed E-state index contributed by atoms with van der Waals surface area (Å²) in [4.78, 5) is 26.2. The van der Waals surface area contributed by atoms with Crippen molar-refractivity contribution in [1.29, 1.82) is 0 Å². The highest BCUT2D eigenvalue weighted by Gasteiger charge is 2.41. The molecule has 0 unspecified atom stereocenters. The number of hydrogen-bond acceptors (Lipinski definition) is 5. The molecule has 1 aliphatic rings. The van der Waals surface area contributed by atoms with Crippen molar-refractivity contribution in [2.45, 2.75) is 63.5 Å². The number of nitrogens with one attached hydrogen (secondary N) is 1. The van der Waals surface area contributed by atoms with Crippen molar-refractivity contribution in [2.24, 2.45) is 0 Å². The first kappa shape index (κ1) is 20.9. The first-order valence-electron chi connectivity index (χ1n) is 8.17. The zero-order valence-corrected chi connectivity index (χ0v) is 16.3. The Morgan fingerprint density at radius 1 is 1.38 bits per heavy atom. The van der Waals surface area contributed by atoms with Crippen LogP contribution in [0.1, 0.15) is 40.5 Å². The molecule has 140 valence electrons. The predicted molar refractivity (Wildman–Crippen MR) is 93.3 cm³/mol. The van der Waals surface area contributed by atoms with E-state index in [0.717, 1.165) is 0 Å². The third-order valence-electron chi connectivity index (χ3n) is 3.94. The zero-order chi connectivity index (χ0) is 18.5. The van der Waals surface area contributed by atoms with Gasteiger partial charge in [0.15, 0.2) is 0 Å². The van der Waals surface area contributed by atoms with Crippen molar-refractivity contribution in [3.63, 3.8) is 0 Å². The van der Waals surface area contributed by atoms with Crippen LogP contribution in [0.25, 0.3) is 0 Å². The standard InChI is InChI=1S/C16H30N2O5S/c1-11(24(6)21)7-8-17-14(19)13-9-12(22-5)10-18(13)15(20)23-16(2,3)4/h11-13H,7-10H2,1-6H3,(H,17,19)/t11-,12-,13+,24+/m0/s1. The number of ether oxygens (including phenoxy) is 2. The van der Waals surface area contributed by atoms with Gasteiger partial charge in [-0.25, -0.2) is 4.79 Å². The highest BCUT2D eigenvalue weighted by atomic mass is 32.2. The molecule has 0 spiro atoms. The van der Waals surface area contributed by atoms with Crippen LogP contribution in [-0.2, 0) is 25.1 Å². The molecule has 2 amide bonds. The Bertz CT molecular complexity index is 478. The van der Waals surface area contributed by atoms with Crippen molar-refractivity contribution in [3.05, 3.63) is 0 Å². The van der Waals surface area contributed by atoms with Crippen molar-refractivity contribution in [2.75, 3.05) is 26.5 Å². The van der Waals surface area contributed by atoms with Crippen LogP contribution >= 0.6 is 0 Å².